The highest BCUT2D eigenvalue weighted by molar-refractivity contribution is 9.10. The highest BCUT2D eigenvalue weighted by atomic mass is 79.9. The van der Waals surface area contributed by atoms with Gasteiger partial charge in [-0.2, -0.15) is 5.26 Å². The van der Waals surface area contributed by atoms with Gasteiger partial charge >= 0.3 is 0 Å². The zero-order chi connectivity index (χ0) is 14.7. The predicted molar refractivity (Wildman–Crippen MR) is 91.2 cm³/mol. The molecule has 0 radical (unpaired) electrons. The maximum atomic E-state index is 9.42. The van der Waals surface area contributed by atoms with Crippen molar-refractivity contribution in [3.8, 4) is 6.07 Å². The Kier molecular flexibility index (Phi) is 4.45. The van der Waals surface area contributed by atoms with Crippen molar-refractivity contribution in [1.29, 1.82) is 5.26 Å². The first-order chi connectivity index (χ1) is 10.3. The van der Waals surface area contributed by atoms with E-state index in [0.717, 1.165) is 23.0 Å². The molecule has 1 aliphatic carbocycles. The summed E-state index contributed by atoms with van der Waals surface area (Å²) in [5.41, 5.74) is 1.14. The van der Waals surface area contributed by atoms with Crippen LogP contribution in [0.15, 0.2) is 40.9 Å². The average Bonchev–Trinajstić information content (AvgIpc) is 2.75. The Balaban J connectivity index is 1.94. The molecule has 1 aliphatic rings. The Morgan fingerprint density at radius 2 is 1.76 bits per heavy atom. The van der Waals surface area contributed by atoms with Crippen molar-refractivity contribution in [2.24, 2.45) is 5.92 Å². The van der Waals surface area contributed by atoms with Crippen LogP contribution in [0.5, 0.6) is 0 Å². The Hall–Kier alpha value is -1.53. The third kappa shape index (κ3) is 3.06. The van der Waals surface area contributed by atoms with E-state index in [2.05, 4.69) is 63.7 Å². The molecule has 0 amide bonds. The third-order valence-corrected chi connectivity index (χ3v) is 5.09. The molecular weight excluding hydrogens is 324 g/mol. The van der Waals surface area contributed by atoms with Crippen LogP contribution in [-0.2, 0) is 0 Å². The minimum Gasteiger partial charge on any atom is -0.380 e. The monoisotopic (exact) mass is 342 g/mol. The molecule has 108 valence electrons. The number of fused-ring (bicyclic) bond motifs is 1. The number of rotatable bonds is 2. The minimum atomic E-state index is 0.120. The normalized spacial score (nSPS) is 22.5. The van der Waals surface area contributed by atoms with Crippen LogP contribution >= 0.6 is 15.9 Å². The molecule has 3 heteroatoms. The van der Waals surface area contributed by atoms with E-state index in [4.69, 9.17) is 0 Å². The molecule has 2 nitrogen and oxygen atoms in total. The van der Waals surface area contributed by atoms with Crippen LogP contribution in [0.4, 0.5) is 5.69 Å². The van der Waals surface area contributed by atoms with Gasteiger partial charge in [-0.25, -0.2) is 0 Å². The third-order valence-electron chi connectivity index (χ3n) is 4.39. The molecule has 1 N–H and O–H groups in total. The number of hydrogen-bond acceptors (Lipinski definition) is 2. The van der Waals surface area contributed by atoms with E-state index in [-0.39, 0.29) is 12.0 Å². The van der Waals surface area contributed by atoms with E-state index in [1.165, 1.54) is 30.0 Å². The number of anilines is 1. The Bertz CT molecular complexity index is 674. The Morgan fingerprint density at radius 1 is 1.00 bits per heavy atom. The first kappa shape index (κ1) is 14.4. The number of nitriles is 1. The molecular formula is C18H19BrN2. The van der Waals surface area contributed by atoms with E-state index in [1.54, 1.807) is 0 Å². The van der Waals surface area contributed by atoms with E-state index in [0.29, 0.717) is 0 Å². The highest BCUT2D eigenvalue weighted by Crippen LogP contribution is 2.32. The molecule has 0 aliphatic heterocycles. The van der Waals surface area contributed by atoms with Crippen LogP contribution in [0.1, 0.15) is 32.1 Å². The topological polar surface area (TPSA) is 35.8 Å². The zero-order valence-corrected chi connectivity index (χ0v) is 13.6. The first-order valence-corrected chi connectivity index (χ1v) is 8.42. The van der Waals surface area contributed by atoms with Crippen LogP contribution < -0.4 is 5.32 Å². The number of benzene rings is 2. The fourth-order valence-electron chi connectivity index (χ4n) is 3.22. The summed E-state index contributed by atoms with van der Waals surface area (Å²) in [6, 6.07) is 15.4. The van der Waals surface area contributed by atoms with Crippen molar-refractivity contribution < 1.29 is 0 Å². The number of halogens is 1. The summed E-state index contributed by atoms with van der Waals surface area (Å²) in [5.74, 6) is 0.120. The molecule has 2 aromatic carbocycles. The fourth-order valence-corrected chi connectivity index (χ4v) is 3.70. The van der Waals surface area contributed by atoms with Crippen LogP contribution in [-0.4, -0.2) is 6.04 Å². The van der Waals surface area contributed by atoms with Crippen LogP contribution in [0.25, 0.3) is 10.8 Å². The molecule has 2 aromatic rings. The second-order valence-corrected chi connectivity index (χ2v) is 6.62. The first-order valence-electron chi connectivity index (χ1n) is 7.63. The second kappa shape index (κ2) is 6.49. The van der Waals surface area contributed by atoms with E-state index < -0.39 is 0 Å². The molecule has 0 saturated heterocycles. The van der Waals surface area contributed by atoms with Crippen LogP contribution in [0, 0.1) is 17.2 Å². The smallest absolute Gasteiger partial charge is 0.0677 e. The average molecular weight is 343 g/mol. The van der Waals surface area contributed by atoms with E-state index in [1.807, 2.05) is 0 Å². The number of hydrogen-bond donors (Lipinski definition) is 1. The maximum absolute atomic E-state index is 9.42. The zero-order valence-electron chi connectivity index (χ0n) is 12.0. The SMILES string of the molecule is N#CC1CCCCCC1Nc1ccc(Br)c2ccccc12. The van der Waals surface area contributed by atoms with Gasteiger partial charge in [0.1, 0.15) is 0 Å². The highest BCUT2D eigenvalue weighted by Gasteiger charge is 2.23. The second-order valence-electron chi connectivity index (χ2n) is 5.76. The van der Waals surface area contributed by atoms with Crippen LogP contribution in [0.2, 0.25) is 0 Å². The summed E-state index contributed by atoms with van der Waals surface area (Å²) < 4.78 is 1.11. The van der Waals surface area contributed by atoms with Crippen molar-refractivity contribution in [3.63, 3.8) is 0 Å². The van der Waals surface area contributed by atoms with Crippen molar-refractivity contribution in [2.75, 3.05) is 5.32 Å². The quantitative estimate of drug-likeness (QED) is 0.732. The minimum absolute atomic E-state index is 0.120. The molecule has 2 unspecified atom stereocenters. The van der Waals surface area contributed by atoms with Gasteiger partial charge in [-0.1, -0.05) is 59.5 Å². The lowest BCUT2D eigenvalue weighted by Gasteiger charge is -2.23. The lowest BCUT2D eigenvalue weighted by Crippen LogP contribution is -2.27. The molecule has 0 aromatic heterocycles. The van der Waals surface area contributed by atoms with Gasteiger partial charge in [0, 0.05) is 21.6 Å². The van der Waals surface area contributed by atoms with Crippen molar-refractivity contribution >= 4 is 32.4 Å². The largest absolute Gasteiger partial charge is 0.380 e. The summed E-state index contributed by atoms with van der Waals surface area (Å²) in [4.78, 5) is 0. The number of nitrogens with zero attached hydrogens (tertiary/aromatic N) is 1. The Labute approximate surface area is 134 Å². The van der Waals surface area contributed by atoms with Gasteiger partial charge in [0.15, 0.2) is 0 Å². The lowest BCUT2D eigenvalue weighted by atomic mass is 9.95. The summed E-state index contributed by atoms with van der Waals surface area (Å²) in [7, 11) is 0. The maximum Gasteiger partial charge on any atom is 0.0677 e. The van der Waals surface area contributed by atoms with Crippen molar-refractivity contribution in [1.82, 2.24) is 0 Å². The number of nitrogens with one attached hydrogen (secondary N) is 1. The van der Waals surface area contributed by atoms with Gasteiger partial charge in [-0.3, -0.25) is 0 Å². The molecule has 2 atom stereocenters. The molecule has 0 bridgehead atoms. The molecule has 1 saturated carbocycles. The summed E-state index contributed by atoms with van der Waals surface area (Å²) in [6.45, 7) is 0. The molecule has 3 rings (SSSR count). The summed E-state index contributed by atoms with van der Waals surface area (Å²) in [6.07, 6.45) is 5.74. The summed E-state index contributed by atoms with van der Waals surface area (Å²) in [5, 5.41) is 15.5. The molecule has 1 fully saturated rings. The van der Waals surface area contributed by atoms with Gasteiger partial charge in [0.25, 0.3) is 0 Å². The molecule has 0 spiro atoms. The Morgan fingerprint density at radius 3 is 2.57 bits per heavy atom. The van der Waals surface area contributed by atoms with Crippen molar-refractivity contribution in [3.05, 3.63) is 40.9 Å². The van der Waals surface area contributed by atoms with Gasteiger partial charge in [-0.05, 0) is 30.4 Å². The van der Waals surface area contributed by atoms with Crippen molar-refractivity contribution in [2.45, 2.75) is 38.1 Å². The van der Waals surface area contributed by atoms with Crippen LogP contribution in [0.3, 0.4) is 0 Å². The standard InChI is InChI=1S/C18H19BrN2/c19-16-10-11-18(15-8-5-4-7-14(15)16)21-17-9-3-1-2-6-13(17)12-20/h4-5,7-8,10-11,13,17,21H,1-3,6,9H2. The molecule has 0 heterocycles. The molecule has 21 heavy (non-hydrogen) atoms. The van der Waals surface area contributed by atoms with E-state index in [9.17, 15) is 5.26 Å². The lowest BCUT2D eigenvalue weighted by molar-refractivity contribution is 0.514. The fraction of sp³-hybridized carbons (Fsp3) is 0.389. The van der Waals surface area contributed by atoms with Gasteiger partial charge in [0.05, 0.1) is 12.0 Å². The van der Waals surface area contributed by atoms with E-state index >= 15 is 0 Å². The summed E-state index contributed by atoms with van der Waals surface area (Å²) >= 11 is 3.61. The predicted octanol–water partition coefficient (Wildman–Crippen LogP) is 5.49. The van der Waals surface area contributed by atoms with Gasteiger partial charge < -0.3 is 5.32 Å². The van der Waals surface area contributed by atoms with Gasteiger partial charge in [0.2, 0.25) is 0 Å². The van der Waals surface area contributed by atoms with Gasteiger partial charge in [-0.15, -0.1) is 0 Å².